The molecule has 0 aliphatic carbocycles. The van der Waals surface area contributed by atoms with Crippen molar-refractivity contribution in [2.24, 2.45) is 0 Å². The maximum absolute atomic E-state index is 12.4. The molecular weight excluding hydrogens is 404 g/mol. The predicted molar refractivity (Wildman–Crippen MR) is 122 cm³/mol. The molecule has 0 bridgehead atoms. The van der Waals surface area contributed by atoms with E-state index in [1.807, 2.05) is 60.7 Å². The number of furan rings is 1. The van der Waals surface area contributed by atoms with Crippen molar-refractivity contribution >= 4 is 23.0 Å². The molecule has 0 saturated heterocycles. The zero-order valence-electron chi connectivity index (χ0n) is 17.4. The summed E-state index contributed by atoms with van der Waals surface area (Å²) in [5.74, 6) is 0.612. The average molecular weight is 424 g/mol. The number of amides is 1. The van der Waals surface area contributed by atoms with Crippen molar-refractivity contribution in [3.05, 3.63) is 84.6 Å². The Morgan fingerprint density at radius 1 is 1.28 bits per heavy atom. The number of aromatic nitrogens is 2. The van der Waals surface area contributed by atoms with E-state index in [9.17, 15) is 10.1 Å². The average Bonchev–Trinajstić information content (AvgIpc) is 3.45. The first-order valence-corrected chi connectivity index (χ1v) is 9.87. The first kappa shape index (κ1) is 20.7. The van der Waals surface area contributed by atoms with Gasteiger partial charge in [-0.3, -0.25) is 4.79 Å². The highest BCUT2D eigenvalue weighted by atomic mass is 16.5. The first-order chi connectivity index (χ1) is 15.6. The maximum Gasteiger partial charge on any atom is 0.262 e. The van der Waals surface area contributed by atoms with E-state index in [1.54, 1.807) is 24.1 Å². The van der Waals surface area contributed by atoms with Crippen LogP contribution in [0, 0.1) is 11.3 Å². The summed E-state index contributed by atoms with van der Waals surface area (Å²) in [7, 11) is 1.58. The van der Waals surface area contributed by atoms with E-state index >= 15 is 0 Å². The van der Waals surface area contributed by atoms with Crippen LogP contribution in [0.4, 0.5) is 0 Å². The number of fused-ring (bicyclic) bond motifs is 1. The van der Waals surface area contributed by atoms with Crippen LogP contribution in [0.3, 0.4) is 0 Å². The topological polar surface area (TPSA) is 93.1 Å². The van der Waals surface area contributed by atoms with Gasteiger partial charge in [-0.2, -0.15) is 10.4 Å². The largest absolute Gasteiger partial charge is 0.493 e. The zero-order valence-corrected chi connectivity index (χ0v) is 17.4. The monoisotopic (exact) mass is 424 g/mol. The number of para-hydroxylation sites is 2. The number of nitriles is 1. The Balaban J connectivity index is 1.87. The third-order valence-corrected chi connectivity index (χ3v) is 4.80. The number of benzene rings is 2. The Bertz CT molecular complexity index is 1360. The van der Waals surface area contributed by atoms with Crippen molar-refractivity contribution in [3.8, 4) is 29.0 Å². The Morgan fingerprint density at radius 2 is 2.09 bits per heavy atom. The smallest absolute Gasteiger partial charge is 0.262 e. The van der Waals surface area contributed by atoms with Crippen molar-refractivity contribution in [3.63, 3.8) is 0 Å². The van der Waals surface area contributed by atoms with Gasteiger partial charge in [0.1, 0.15) is 17.3 Å². The Morgan fingerprint density at radius 3 is 2.81 bits per heavy atom. The molecule has 0 aliphatic rings. The number of rotatable bonds is 7. The van der Waals surface area contributed by atoms with Crippen LogP contribution in [0.25, 0.3) is 34.2 Å². The lowest BCUT2D eigenvalue weighted by Gasteiger charge is -2.00. The minimum absolute atomic E-state index is 0.0468. The van der Waals surface area contributed by atoms with E-state index in [4.69, 9.17) is 14.3 Å². The van der Waals surface area contributed by atoms with Crippen LogP contribution in [0.5, 0.6) is 5.75 Å². The molecule has 1 amide bonds. The predicted octanol–water partition coefficient (Wildman–Crippen LogP) is 4.50. The molecule has 0 radical (unpaired) electrons. The quantitative estimate of drug-likeness (QED) is 0.268. The fraction of sp³-hybridized carbons (Fsp3) is 0.0800. The van der Waals surface area contributed by atoms with Crippen LogP contribution in [-0.2, 0) is 4.79 Å². The highest BCUT2D eigenvalue weighted by Gasteiger charge is 2.19. The second kappa shape index (κ2) is 9.06. The lowest BCUT2D eigenvalue weighted by Crippen LogP contribution is -2.24. The molecule has 7 heteroatoms. The van der Waals surface area contributed by atoms with E-state index in [2.05, 4.69) is 11.9 Å². The molecule has 0 saturated carbocycles. The summed E-state index contributed by atoms with van der Waals surface area (Å²) in [5.41, 5.74) is 2.44. The van der Waals surface area contributed by atoms with Gasteiger partial charge in [0, 0.05) is 23.7 Å². The Labute approximate surface area is 184 Å². The van der Waals surface area contributed by atoms with Gasteiger partial charge in [0.25, 0.3) is 5.91 Å². The van der Waals surface area contributed by atoms with Crippen molar-refractivity contribution in [1.29, 1.82) is 5.26 Å². The van der Waals surface area contributed by atoms with Crippen LogP contribution >= 0.6 is 0 Å². The molecule has 0 aliphatic heterocycles. The number of nitrogens with one attached hydrogen (secondary N) is 1. The number of hydrogen-bond donors (Lipinski definition) is 1. The van der Waals surface area contributed by atoms with Gasteiger partial charge in [-0.05, 0) is 30.3 Å². The molecule has 32 heavy (non-hydrogen) atoms. The molecular formula is C25H20N4O3. The van der Waals surface area contributed by atoms with Crippen molar-refractivity contribution in [2.45, 2.75) is 0 Å². The Hall–Kier alpha value is -4.57. The SMILES string of the molecule is C=CCNC(=O)C(C#N)=Cc1cn(-c2ccccc2)nc1-c1cc2cccc(OC)c2o1. The number of nitrogens with zero attached hydrogens (tertiary/aromatic N) is 3. The summed E-state index contributed by atoms with van der Waals surface area (Å²) in [6.07, 6.45) is 4.81. The molecule has 7 nitrogen and oxygen atoms in total. The lowest BCUT2D eigenvalue weighted by atomic mass is 10.1. The highest BCUT2D eigenvalue weighted by Crippen LogP contribution is 2.35. The molecule has 2 aromatic carbocycles. The second-order valence-electron chi connectivity index (χ2n) is 6.87. The van der Waals surface area contributed by atoms with Crippen LogP contribution in [0.15, 0.2) is 83.4 Å². The van der Waals surface area contributed by atoms with Gasteiger partial charge >= 0.3 is 0 Å². The highest BCUT2D eigenvalue weighted by molar-refractivity contribution is 6.02. The minimum Gasteiger partial charge on any atom is -0.493 e. The molecule has 4 aromatic rings. The van der Waals surface area contributed by atoms with E-state index in [0.717, 1.165) is 11.1 Å². The summed E-state index contributed by atoms with van der Waals surface area (Å²) in [4.78, 5) is 12.4. The van der Waals surface area contributed by atoms with Crippen molar-refractivity contribution in [2.75, 3.05) is 13.7 Å². The summed E-state index contributed by atoms with van der Waals surface area (Å²) < 4.78 is 13.2. The van der Waals surface area contributed by atoms with Crippen LogP contribution in [-0.4, -0.2) is 29.3 Å². The molecule has 2 heterocycles. The Kier molecular flexibility index (Phi) is 5.86. The zero-order chi connectivity index (χ0) is 22.5. The van der Waals surface area contributed by atoms with Gasteiger partial charge in [0.05, 0.1) is 12.8 Å². The van der Waals surface area contributed by atoms with E-state index in [1.165, 1.54) is 6.08 Å². The molecule has 0 unspecified atom stereocenters. The van der Waals surface area contributed by atoms with Gasteiger partial charge < -0.3 is 14.5 Å². The minimum atomic E-state index is -0.489. The van der Waals surface area contributed by atoms with Crippen molar-refractivity contribution < 1.29 is 13.9 Å². The second-order valence-corrected chi connectivity index (χ2v) is 6.87. The lowest BCUT2D eigenvalue weighted by molar-refractivity contribution is -0.116. The fourth-order valence-corrected chi connectivity index (χ4v) is 3.28. The van der Waals surface area contributed by atoms with E-state index < -0.39 is 5.91 Å². The number of methoxy groups -OCH3 is 1. The summed E-state index contributed by atoms with van der Waals surface area (Å²) in [6.45, 7) is 3.84. The van der Waals surface area contributed by atoms with E-state index in [-0.39, 0.29) is 12.1 Å². The number of carbonyl (C=O) groups excluding carboxylic acids is 1. The van der Waals surface area contributed by atoms with Gasteiger partial charge in [-0.15, -0.1) is 6.58 Å². The van der Waals surface area contributed by atoms with Crippen LogP contribution in [0.2, 0.25) is 0 Å². The van der Waals surface area contributed by atoms with Gasteiger partial charge in [0.15, 0.2) is 17.1 Å². The first-order valence-electron chi connectivity index (χ1n) is 9.87. The third kappa shape index (κ3) is 4.02. The molecule has 158 valence electrons. The van der Waals surface area contributed by atoms with Crippen molar-refractivity contribution in [1.82, 2.24) is 15.1 Å². The number of carbonyl (C=O) groups is 1. The molecule has 0 atom stereocenters. The molecule has 4 rings (SSSR count). The normalized spacial score (nSPS) is 11.2. The molecule has 2 aromatic heterocycles. The summed E-state index contributed by atoms with van der Waals surface area (Å²) in [5, 5.41) is 17.7. The number of hydrogen-bond acceptors (Lipinski definition) is 5. The molecule has 1 N–H and O–H groups in total. The third-order valence-electron chi connectivity index (χ3n) is 4.80. The summed E-state index contributed by atoms with van der Waals surface area (Å²) in [6, 6.07) is 19.0. The van der Waals surface area contributed by atoms with Crippen LogP contribution in [0.1, 0.15) is 5.56 Å². The van der Waals surface area contributed by atoms with Gasteiger partial charge in [-0.1, -0.05) is 36.4 Å². The fourth-order valence-electron chi connectivity index (χ4n) is 3.28. The van der Waals surface area contributed by atoms with Gasteiger partial charge in [0.2, 0.25) is 0 Å². The number of ether oxygens (including phenoxy) is 1. The van der Waals surface area contributed by atoms with Gasteiger partial charge in [-0.25, -0.2) is 4.68 Å². The summed E-state index contributed by atoms with van der Waals surface area (Å²) >= 11 is 0. The molecule has 0 fully saturated rings. The van der Waals surface area contributed by atoms with E-state index in [0.29, 0.717) is 28.4 Å². The molecule has 0 spiro atoms. The standard InChI is InChI=1S/C25H20N4O3/c1-3-12-27-25(30)18(15-26)13-19-16-29(20-9-5-4-6-10-20)28-23(19)22-14-17-8-7-11-21(31-2)24(17)32-22/h3-11,13-14,16H,1,12H2,2H3,(H,27,30). The maximum atomic E-state index is 12.4. The van der Waals surface area contributed by atoms with Crippen LogP contribution < -0.4 is 10.1 Å².